The first-order valence-electron chi connectivity index (χ1n) is 4.01. The molecule has 0 radical (unpaired) electrons. The fraction of sp³-hybridized carbons (Fsp3) is 0.400. The highest BCUT2D eigenvalue weighted by molar-refractivity contribution is 6.21. The van der Waals surface area contributed by atoms with Crippen LogP contribution in [0.5, 0.6) is 0 Å². The summed E-state index contributed by atoms with van der Waals surface area (Å²) < 4.78 is 0. The van der Waals surface area contributed by atoms with E-state index in [2.05, 4.69) is 25.1 Å². The summed E-state index contributed by atoms with van der Waals surface area (Å²) >= 11 is 6.11. The number of fused-ring (bicyclic) bond motifs is 1. The zero-order valence-corrected chi connectivity index (χ0v) is 7.36. The molecule has 1 aromatic carbocycles. The summed E-state index contributed by atoms with van der Waals surface area (Å²) in [5.74, 6) is 0. The molecule has 0 N–H and O–H groups in total. The number of halogens is 1. The Hall–Kier alpha value is -0.490. The predicted octanol–water partition coefficient (Wildman–Crippen LogP) is 3.22. The maximum atomic E-state index is 6.11. The van der Waals surface area contributed by atoms with Crippen LogP contribution in [0.1, 0.15) is 28.5 Å². The lowest BCUT2D eigenvalue weighted by molar-refractivity contribution is 0.881. The van der Waals surface area contributed by atoms with Gasteiger partial charge in [-0.15, -0.1) is 11.6 Å². The third-order valence-corrected chi connectivity index (χ3v) is 2.76. The van der Waals surface area contributed by atoms with Crippen LogP contribution in [-0.4, -0.2) is 0 Å². The number of rotatable bonds is 0. The third-order valence-electron chi connectivity index (χ3n) is 2.31. The smallest absolute Gasteiger partial charge is 0.0591 e. The monoisotopic (exact) mass is 166 g/mol. The van der Waals surface area contributed by atoms with Crippen molar-refractivity contribution in [1.82, 2.24) is 0 Å². The second-order valence-corrected chi connectivity index (χ2v) is 3.74. The standard InChI is InChI=1S/C10H11Cl/c1-7-2-3-8-4-5-10(11)9(8)6-7/h2-3,6,10H,4-5H2,1H3/t10-/m0/s1. The average Bonchev–Trinajstić information content (AvgIpc) is 2.33. The molecule has 1 aromatic rings. The fourth-order valence-corrected chi connectivity index (χ4v) is 1.98. The van der Waals surface area contributed by atoms with Crippen LogP contribution in [0.15, 0.2) is 18.2 Å². The van der Waals surface area contributed by atoms with Gasteiger partial charge in [0.2, 0.25) is 0 Å². The molecule has 1 heteroatoms. The van der Waals surface area contributed by atoms with Gasteiger partial charge in [-0.3, -0.25) is 0 Å². The van der Waals surface area contributed by atoms with E-state index in [1.54, 1.807) is 0 Å². The van der Waals surface area contributed by atoms with E-state index in [-0.39, 0.29) is 5.38 Å². The number of hydrogen-bond acceptors (Lipinski definition) is 0. The molecule has 2 rings (SSSR count). The second kappa shape index (κ2) is 2.53. The molecule has 0 amide bonds. The van der Waals surface area contributed by atoms with Crippen LogP contribution in [0.2, 0.25) is 0 Å². The Morgan fingerprint density at radius 2 is 2.27 bits per heavy atom. The second-order valence-electron chi connectivity index (χ2n) is 3.21. The Morgan fingerprint density at radius 1 is 1.45 bits per heavy atom. The quantitative estimate of drug-likeness (QED) is 0.520. The summed E-state index contributed by atoms with van der Waals surface area (Å²) in [6.45, 7) is 2.11. The van der Waals surface area contributed by atoms with Crippen molar-refractivity contribution in [1.29, 1.82) is 0 Å². The molecule has 11 heavy (non-hydrogen) atoms. The zero-order chi connectivity index (χ0) is 7.84. The van der Waals surface area contributed by atoms with Gasteiger partial charge in [-0.2, -0.15) is 0 Å². The van der Waals surface area contributed by atoms with Gasteiger partial charge in [-0.05, 0) is 30.9 Å². The Labute approximate surface area is 72.2 Å². The third kappa shape index (κ3) is 1.16. The summed E-state index contributed by atoms with van der Waals surface area (Å²) in [4.78, 5) is 0. The molecule has 0 bridgehead atoms. The van der Waals surface area contributed by atoms with Gasteiger partial charge in [-0.1, -0.05) is 23.8 Å². The van der Waals surface area contributed by atoms with Crippen LogP contribution in [-0.2, 0) is 6.42 Å². The largest absolute Gasteiger partial charge is 0.118 e. The molecule has 0 saturated heterocycles. The van der Waals surface area contributed by atoms with Crippen molar-refractivity contribution in [3.05, 3.63) is 34.9 Å². The number of aryl methyl sites for hydroxylation is 2. The molecule has 0 saturated carbocycles. The lowest BCUT2D eigenvalue weighted by Crippen LogP contribution is -1.84. The SMILES string of the molecule is Cc1ccc2c(c1)[C@@H](Cl)CC2. The van der Waals surface area contributed by atoms with E-state index in [9.17, 15) is 0 Å². The normalized spacial score (nSPS) is 21.8. The van der Waals surface area contributed by atoms with Crippen molar-refractivity contribution in [3.8, 4) is 0 Å². The van der Waals surface area contributed by atoms with Gasteiger partial charge in [0.15, 0.2) is 0 Å². The van der Waals surface area contributed by atoms with Crippen LogP contribution in [0, 0.1) is 6.92 Å². The number of benzene rings is 1. The maximum Gasteiger partial charge on any atom is 0.0591 e. The van der Waals surface area contributed by atoms with E-state index in [0.717, 1.165) is 12.8 Å². The molecule has 0 fully saturated rings. The first kappa shape index (κ1) is 7.17. The molecule has 1 aliphatic rings. The highest BCUT2D eigenvalue weighted by Gasteiger charge is 2.19. The molecule has 0 nitrogen and oxygen atoms in total. The Morgan fingerprint density at radius 3 is 3.09 bits per heavy atom. The fourth-order valence-electron chi connectivity index (χ4n) is 1.67. The van der Waals surface area contributed by atoms with E-state index >= 15 is 0 Å². The van der Waals surface area contributed by atoms with Crippen molar-refractivity contribution < 1.29 is 0 Å². The van der Waals surface area contributed by atoms with Crippen LogP contribution in [0.25, 0.3) is 0 Å². The Bertz CT molecular complexity index is 278. The molecule has 1 atom stereocenters. The number of alkyl halides is 1. The molecule has 0 spiro atoms. The highest BCUT2D eigenvalue weighted by atomic mass is 35.5. The van der Waals surface area contributed by atoms with Crippen LogP contribution in [0.3, 0.4) is 0 Å². The average molecular weight is 167 g/mol. The minimum Gasteiger partial charge on any atom is -0.118 e. The molecular formula is C10H11Cl. The van der Waals surface area contributed by atoms with Gasteiger partial charge < -0.3 is 0 Å². The van der Waals surface area contributed by atoms with Crippen LogP contribution >= 0.6 is 11.6 Å². The molecule has 1 aliphatic carbocycles. The van der Waals surface area contributed by atoms with Gasteiger partial charge in [0.25, 0.3) is 0 Å². The van der Waals surface area contributed by atoms with Crippen molar-refractivity contribution >= 4 is 11.6 Å². The van der Waals surface area contributed by atoms with E-state index in [4.69, 9.17) is 11.6 Å². The van der Waals surface area contributed by atoms with Gasteiger partial charge >= 0.3 is 0 Å². The van der Waals surface area contributed by atoms with Crippen molar-refractivity contribution in [2.24, 2.45) is 0 Å². The molecule has 0 aromatic heterocycles. The first-order chi connectivity index (χ1) is 5.27. The van der Waals surface area contributed by atoms with Crippen molar-refractivity contribution in [2.75, 3.05) is 0 Å². The van der Waals surface area contributed by atoms with Gasteiger partial charge in [-0.25, -0.2) is 0 Å². The van der Waals surface area contributed by atoms with Crippen LogP contribution < -0.4 is 0 Å². The van der Waals surface area contributed by atoms with Crippen molar-refractivity contribution in [3.63, 3.8) is 0 Å². The summed E-state index contributed by atoms with van der Waals surface area (Å²) in [5.41, 5.74) is 4.11. The van der Waals surface area contributed by atoms with Crippen molar-refractivity contribution in [2.45, 2.75) is 25.1 Å². The van der Waals surface area contributed by atoms with E-state index in [1.165, 1.54) is 16.7 Å². The summed E-state index contributed by atoms with van der Waals surface area (Å²) in [7, 11) is 0. The summed E-state index contributed by atoms with van der Waals surface area (Å²) in [6.07, 6.45) is 2.27. The lowest BCUT2D eigenvalue weighted by Gasteiger charge is -2.02. The van der Waals surface area contributed by atoms with Crippen LogP contribution in [0.4, 0.5) is 0 Å². The lowest BCUT2D eigenvalue weighted by atomic mass is 10.1. The molecule has 0 aliphatic heterocycles. The minimum absolute atomic E-state index is 0.268. The predicted molar refractivity (Wildman–Crippen MR) is 48.1 cm³/mol. The van der Waals surface area contributed by atoms with E-state index in [0.29, 0.717) is 0 Å². The zero-order valence-electron chi connectivity index (χ0n) is 6.60. The molecule has 0 unspecified atom stereocenters. The maximum absolute atomic E-state index is 6.11. The molecule has 0 heterocycles. The Kier molecular flexibility index (Phi) is 1.65. The topological polar surface area (TPSA) is 0 Å². The minimum atomic E-state index is 0.268. The Balaban J connectivity index is 2.52. The first-order valence-corrected chi connectivity index (χ1v) is 4.44. The van der Waals surface area contributed by atoms with Gasteiger partial charge in [0.1, 0.15) is 0 Å². The molecular weight excluding hydrogens is 156 g/mol. The highest BCUT2D eigenvalue weighted by Crippen LogP contribution is 2.36. The van der Waals surface area contributed by atoms with Gasteiger partial charge in [0, 0.05) is 0 Å². The van der Waals surface area contributed by atoms with Gasteiger partial charge in [0.05, 0.1) is 5.38 Å². The summed E-state index contributed by atoms with van der Waals surface area (Å²) in [6, 6.07) is 6.57. The number of hydrogen-bond donors (Lipinski definition) is 0. The van der Waals surface area contributed by atoms with E-state index < -0.39 is 0 Å². The molecule has 58 valence electrons. The van der Waals surface area contributed by atoms with E-state index in [1.807, 2.05) is 0 Å². The summed E-state index contributed by atoms with van der Waals surface area (Å²) in [5, 5.41) is 0.268.